The summed E-state index contributed by atoms with van der Waals surface area (Å²) in [6.45, 7) is 4.16. The Morgan fingerprint density at radius 2 is 1.93 bits per heavy atom. The molecule has 30 heavy (non-hydrogen) atoms. The van der Waals surface area contributed by atoms with Crippen LogP contribution in [0.2, 0.25) is 0 Å². The second kappa shape index (κ2) is 9.13. The molecule has 2 aromatic carbocycles. The lowest BCUT2D eigenvalue weighted by Crippen LogP contribution is -2.38. The van der Waals surface area contributed by atoms with Gasteiger partial charge in [0.05, 0.1) is 12.0 Å². The van der Waals surface area contributed by atoms with Crippen molar-refractivity contribution in [3.8, 4) is 5.75 Å². The molecule has 0 aliphatic carbocycles. The zero-order chi connectivity index (χ0) is 20.9. The molecule has 0 saturated carbocycles. The monoisotopic (exact) mass is 406 g/mol. The molecule has 1 amide bonds. The predicted octanol–water partition coefficient (Wildman–Crippen LogP) is 3.40. The SMILES string of the molecule is CCOCCn1ccc2c(OCC(=O)N3CCCc4ccccc43)cccc2c1=O. The molecule has 6 nitrogen and oxygen atoms in total. The molecule has 6 heteroatoms. The minimum absolute atomic E-state index is 0.0686. The predicted molar refractivity (Wildman–Crippen MR) is 117 cm³/mol. The largest absolute Gasteiger partial charge is 0.483 e. The summed E-state index contributed by atoms with van der Waals surface area (Å²) < 4.78 is 12.9. The van der Waals surface area contributed by atoms with E-state index in [-0.39, 0.29) is 18.1 Å². The number of rotatable bonds is 7. The van der Waals surface area contributed by atoms with Crippen LogP contribution in [0.1, 0.15) is 18.9 Å². The van der Waals surface area contributed by atoms with E-state index in [2.05, 4.69) is 6.07 Å². The highest BCUT2D eigenvalue weighted by molar-refractivity contribution is 5.96. The van der Waals surface area contributed by atoms with Crippen molar-refractivity contribution in [3.63, 3.8) is 0 Å². The van der Waals surface area contributed by atoms with E-state index in [9.17, 15) is 9.59 Å². The maximum atomic E-state index is 12.9. The molecule has 4 rings (SSSR count). The Morgan fingerprint density at radius 3 is 2.80 bits per heavy atom. The first-order valence-electron chi connectivity index (χ1n) is 10.4. The van der Waals surface area contributed by atoms with Gasteiger partial charge in [-0.2, -0.15) is 0 Å². The molecule has 3 aromatic rings. The molecular formula is C24H26N2O4. The van der Waals surface area contributed by atoms with Crippen LogP contribution in [0.3, 0.4) is 0 Å². The van der Waals surface area contributed by atoms with E-state index >= 15 is 0 Å². The standard InChI is InChI=1S/C24H26N2O4/c1-2-29-16-15-25-14-12-19-20(24(25)28)9-5-11-22(19)30-17-23(27)26-13-6-8-18-7-3-4-10-21(18)26/h3-5,7,9-12,14H,2,6,8,13,15-17H2,1H3. The summed E-state index contributed by atoms with van der Waals surface area (Å²) in [5.41, 5.74) is 2.07. The van der Waals surface area contributed by atoms with Gasteiger partial charge in [0.1, 0.15) is 5.75 Å². The number of anilines is 1. The topological polar surface area (TPSA) is 60.8 Å². The number of hydrogen-bond acceptors (Lipinski definition) is 4. The summed E-state index contributed by atoms with van der Waals surface area (Å²) in [5.74, 6) is 0.462. The third-order valence-electron chi connectivity index (χ3n) is 5.42. The molecule has 0 unspecified atom stereocenters. The van der Waals surface area contributed by atoms with Crippen LogP contribution in [0.4, 0.5) is 5.69 Å². The van der Waals surface area contributed by atoms with Gasteiger partial charge in [0.2, 0.25) is 0 Å². The zero-order valence-corrected chi connectivity index (χ0v) is 17.2. The number of fused-ring (bicyclic) bond motifs is 2. The molecule has 0 atom stereocenters. The summed E-state index contributed by atoms with van der Waals surface area (Å²) in [6, 6.07) is 15.2. The third-order valence-corrected chi connectivity index (χ3v) is 5.42. The van der Waals surface area contributed by atoms with Crippen molar-refractivity contribution in [1.82, 2.24) is 4.57 Å². The molecule has 0 N–H and O–H groups in total. The number of amides is 1. The summed E-state index contributed by atoms with van der Waals surface area (Å²) >= 11 is 0. The molecule has 0 radical (unpaired) electrons. The number of ether oxygens (including phenoxy) is 2. The smallest absolute Gasteiger partial charge is 0.264 e. The van der Waals surface area contributed by atoms with Crippen LogP contribution in [0.5, 0.6) is 5.75 Å². The second-order valence-electron chi connectivity index (χ2n) is 7.29. The first kappa shape index (κ1) is 20.2. The van der Waals surface area contributed by atoms with Crippen molar-refractivity contribution in [2.45, 2.75) is 26.3 Å². The van der Waals surface area contributed by atoms with Gasteiger partial charge in [-0.1, -0.05) is 24.3 Å². The summed E-state index contributed by atoms with van der Waals surface area (Å²) in [6.07, 6.45) is 3.68. The van der Waals surface area contributed by atoms with Crippen LogP contribution in [0, 0.1) is 0 Å². The number of nitrogens with zero attached hydrogens (tertiary/aromatic N) is 2. The fourth-order valence-electron chi connectivity index (χ4n) is 3.91. The lowest BCUT2D eigenvalue weighted by molar-refractivity contribution is -0.120. The summed E-state index contributed by atoms with van der Waals surface area (Å²) in [4.78, 5) is 27.4. The van der Waals surface area contributed by atoms with Crippen LogP contribution >= 0.6 is 0 Å². The van der Waals surface area contributed by atoms with Crippen molar-refractivity contribution in [2.75, 3.05) is 31.3 Å². The van der Waals surface area contributed by atoms with Gasteiger partial charge in [-0.25, -0.2) is 0 Å². The van der Waals surface area contributed by atoms with Crippen molar-refractivity contribution < 1.29 is 14.3 Å². The Kier molecular flexibility index (Phi) is 6.14. The van der Waals surface area contributed by atoms with Crippen LogP contribution in [0.15, 0.2) is 59.5 Å². The van der Waals surface area contributed by atoms with E-state index in [1.807, 2.05) is 31.2 Å². The number of benzene rings is 2. The number of carbonyl (C=O) groups excluding carboxylic acids is 1. The van der Waals surface area contributed by atoms with Gasteiger partial charge >= 0.3 is 0 Å². The first-order chi connectivity index (χ1) is 14.7. The molecule has 1 aromatic heterocycles. The fraction of sp³-hybridized carbons (Fsp3) is 0.333. The highest BCUT2D eigenvalue weighted by Crippen LogP contribution is 2.27. The van der Waals surface area contributed by atoms with E-state index < -0.39 is 0 Å². The van der Waals surface area contributed by atoms with E-state index in [4.69, 9.17) is 9.47 Å². The number of aromatic nitrogens is 1. The Balaban J connectivity index is 1.51. The summed E-state index contributed by atoms with van der Waals surface area (Å²) in [7, 11) is 0. The van der Waals surface area contributed by atoms with Gasteiger partial charge in [-0.3, -0.25) is 9.59 Å². The molecule has 1 aliphatic rings. The van der Waals surface area contributed by atoms with Crippen molar-refractivity contribution in [2.24, 2.45) is 0 Å². The highest BCUT2D eigenvalue weighted by atomic mass is 16.5. The molecule has 0 fully saturated rings. The number of pyridine rings is 1. The van der Waals surface area contributed by atoms with E-state index in [0.29, 0.717) is 42.8 Å². The number of carbonyl (C=O) groups is 1. The molecule has 0 saturated heterocycles. The first-order valence-corrected chi connectivity index (χ1v) is 10.4. The van der Waals surface area contributed by atoms with Gasteiger partial charge < -0.3 is 18.9 Å². The number of para-hydroxylation sites is 1. The molecular weight excluding hydrogens is 380 g/mol. The molecule has 0 bridgehead atoms. The third kappa shape index (κ3) is 4.09. The van der Waals surface area contributed by atoms with Gasteiger partial charge in [0.15, 0.2) is 6.61 Å². The number of aryl methyl sites for hydroxylation is 1. The van der Waals surface area contributed by atoms with Crippen molar-refractivity contribution in [1.29, 1.82) is 0 Å². The average molecular weight is 406 g/mol. The Bertz CT molecular complexity index is 1110. The highest BCUT2D eigenvalue weighted by Gasteiger charge is 2.22. The number of hydrogen-bond donors (Lipinski definition) is 0. The van der Waals surface area contributed by atoms with Gasteiger partial charge in [0.25, 0.3) is 11.5 Å². The maximum Gasteiger partial charge on any atom is 0.264 e. The summed E-state index contributed by atoms with van der Waals surface area (Å²) in [5, 5.41) is 1.28. The quantitative estimate of drug-likeness (QED) is 0.565. The lowest BCUT2D eigenvalue weighted by atomic mass is 10.0. The van der Waals surface area contributed by atoms with Crippen molar-refractivity contribution in [3.05, 3.63) is 70.6 Å². The van der Waals surface area contributed by atoms with E-state index in [1.54, 1.807) is 33.9 Å². The fourth-order valence-corrected chi connectivity index (χ4v) is 3.91. The lowest BCUT2D eigenvalue weighted by Gasteiger charge is -2.29. The zero-order valence-electron chi connectivity index (χ0n) is 17.2. The van der Waals surface area contributed by atoms with Crippen molar-refractivity contribution >= 4 is 22.4 Å². The Labute approximate surface area is 175 Å². The van der Waals surface area contributed by atoms with Gasteiger partial charge in [0, 0.05) is 37.0 Å². The second-order valence-corrected chi connectivity index (χ2v) is 7.29. The Morgan fingerprint density at radius 1 is 1.07 bits per heavy atom. The molecule has 1 aliphatic heterocycles. The minimum Gasteiger partial charge on any atom is -0.483 e. The Hall–Kier alpha value is -3.12. The minimum atomic E-state index is -0.0889. The molecule has 0 spiro atoms. The molecule has 156 valence electrons. The van der Waals surface area contributed by atoms with Crippen LogP contribution in [0.25, 0.3) is 10.8 Å². The van der Waals surface area contributed by atoms with Crippen LogP contribution in [-0.4, -0.2) is 36.8 Å². The van der Waals surface area contributed by atoms with E-state index in [1.165, 1.54) is 5.56 Å². The van der Waals surface area contributed by atoms with Crippen LogP contribution < -0.4 is 15.2 Å². The van der Waals surface area contributed by atoms with Gasteiger partial charge in [-0.05, 0) is 49.6 Å². The van der Waals surface area contributed by atoms with Gasteiger partial charge in [-0.15, -0.1) is 0 Å². The van der Waals surface area contributed by atoms with E-state index in [0.717, 1.165) is 18.5 Å². The maximum absolute atomic E-state index is 12.9. The normalized spacial score (nSPS) is 13.3. The average Bonchev–Trinajstić information content (AvgIpc) is 2.78. The molecule has 2 heterocycles. The van der Waals surface area contributed by atoms with Crippen LogP contribution in [-0.2, 0) is 22.5 Å².